The van der Waals surface area contributed by atoms with Gasteiger partial charge in [-0.1, -0.05) is 30.3 Å². The highest BCUT2D eigenvalue weighted by Gasteiger charge is 2.12. The predicted octanol–water partition coefficient (Wildman–Crippen LogP) is 3.48. The minimum Gasteiger partial charge on any atom is -0.312 e. The van der Waals surface area contributed by atoms with Crippen molar-refractivity contribution in [2.24, 2.45) is 0 Å². The maximum atomic E-state index is 13.7. The molecule has 0 aromatic heterocycles. The van der Waals surface area contributed by atoms with Gasteiger partial charge in [0.2, 0.25) is 0 Å². The van der Waals surface area contributed by atoms with E-state index < -0.39 is 6.17 Å². The lowest BCUT2D eigenvalue weighted by Crippen LogP contribution is -2.36. The van der Waals surface area contributed by atoms with Crippen LogP contribution in [0.2, 0.25) is 0 Å². The Hall–Kier alpha value is -0.890. The second kappa shape index (κ2) is 5.26. The van der Waals surface area contributed by atoms with E-state index in [0.717, 1.165) is 5.56 Å². The molecule has 0 aliphatic rings. The van der Waals surface area contributed by atoms with Gasteiger partial charge < -0.3 is 5.32 Å². The maximum Gasteiger partial charge on any atom is 0.126 e. The van der Waals surface area contributed by atoms with Gasteiger partial charge in [0, 0.05) is 5.54 Å². The lowest BCUT2D eigenvalue weighted by molar-refractivity contribution is 0.302. The van der Waals surface area contributed by atoms with Crippen LogP contribution in [-0.4, -0.2) is 12.1 Å². The van der Waals surface area contributed by atoms with Crippen molar-refractivity contribution < 1.29 is 4.39 Å². The van der Waals surface area contributed by atoms with Crippen LogP contribution in [0.1, 0.15) is 38.9 Å². The molecule has 1 atom stereocenters. The molecule has 0 heterocycles. The standard InChI is InChI=1S/C13H20FN/c1-13(2,3)15-10-9-12(14)11-7-5-4-6-8-11/h4-8,12,15H,9-10H2,1-3H3. The molecule has 1 unspecified atom stereocenters. The molecule has 1 rings (SSSR count). The van der Waals surface area contributed by atoms with E-state index in [1.54, 1.807) is 0 Å². The molecular weight excluding hydrogens is 189 g/mol. The van der Waals surface area contributed by atoms with Gasteiger partial charge in [0.25, 0.3) is 0 Å². The molecule has 0 aliphatic heterocycles. The van der Waals surface area contributed by atoms with E-state index in [1.165, 1.54) is 0 Å². The lowest BCUT2D eigenvalue weighted by atomic mass is 10.1. The Bertz CT molecular complexity index is 276. The molecule has 0 spiro atoms. The van der Waals surface area contributed by atoms with Crippen LogP contribution in [0.3, 0.4) is 0 Å². The summed E-state index contributed by atoms with van der Waals surface area (Å²) in [6.07, 6.45) is -0.331. The van der Waals surface area contributed by atoms with Crippen LogP contribution in [0.15, 0.2) is 30.3 Å². The van der Waals surface area contributed by atoms with E-state index in [9.17, 15) is 4.39 Å². The highest BCUT2D eigenvalue weighted by molar-refractivity contribution is 5.17. The van der Waals surface area contributed by atoms with Crippen molar-refractivity contribution >= 4 is 0 Å². The largest absolute Gasteiger partial charge is 0.312 e. The first-order chi connectivity index (χ1) is 6.99. The first kappa shape index (κ1) is 12.2. The van der Waals surface area contributed by atoms with Crippen molar-refractivity contribution in [3.05, 3.63) is 35.9 Å². The van der Waals surface area contributed by atoms with Crippen LogP contribution in [0.25, 0.3) is 0 Å². The number of hydrogen-bond acceptors (Lipinski definition) is 1. The van der Waals surface area contributed by atoms with E-state index in [2.05, 4.69) is 26.1 Å². The van der Waals surface area contributed by atoms with Gasteiger partial charge >= 0.3 is 0 Å². The van der Waals surface area contributed by atoms with Crippen LogP contribution in [0, 0.1) is 0 Å². The number of benzene rings is 1. The highest BCUT2D eigenvalue weighted by Crippen LogP contribution is 2.20. The molecule has 1 N–H and O–H groups in total. The van der Waals surface area contributed by atoms with Crippen LogP contribution in [0.5, 0.6) is 0 Å². The smallest absolute Gasteiger partial charge is 0.126 e. The van der Waals surface area contributed by atoms with Gasteiger partial charge in [0.15, 0.2) is 0 Å². The van der Waals surface area contributed by atoms with Gasteiger partial charge in [-0.15, -0.1) is 0 Å². The molecule has 2 heteroatoms. The monoisotopic (exact) mass is 209 g/mol. The zero-order valence-corrected chi connectivity index (χ0v) is 9.76. The molecule has 15 heavy (non-hydrogen) atoms. The third kappa shape index (κ3) is 4.93. The molecule has 0 saturated carbocycles. The van der Waals surface area contributed by atoms with E-state index >= 15 is 0 Å². The SMILES string of the molecule is CC(C)(C)NCCC(F)c1ccccc1. The number of nitrogens with one attached hydrogen (secondary N) is 1. The molecule has 0 fully saturated rings. The molecule has 0 radical (unpaired) electrons. The highest BCUT2D eigenvalue weighted by atomic mass is 19.1. The van der Waals surface area contributed by atoms with Crippen molar-refractivity contribution in [3.8, 4) is 0 Å². The van der Waals surface area contributed by atoms with Crippen LogP contribution < -0.4 is 5.32 Å². The Morgan fingerprint density at radius 1 is 1.20 bits per heavy atom. The quantitative estimate of drug-likeness (QED) is 0.800. The molecule has 1 nitrogen and oxygen atoms in total. The normalized spacial score (nSPS) is 13.9. The number of rotatable bonds is 4. The average Bonchev–Trinajstić information content (AvgIpc) is 2.17. The zero-order chi connectivity index (χ0) is 11.3. The summed E-state index contributed by atoms with van der Waals surface area (Å²) in [5.74, 6) is 0. The van der Waals surface area contributed by atoms with Gasteiger partial charge in [0.05, 0.1) is 0 Å². The Morgan fingerprint density at radius 3 is 2.33 bits per heavy atom. The summed E-state index contributed by atoms with van der Waals surface area (Å²) in [5.41, 5.74) is 0.837. The molecule has 1 aromatic carbocycles. The first-order valence-electron chi connectivity index (χ1n) is 5.43. The van der Waals surface area contributed by atoms with Gasteiger partial charge in [-0.3, -0.25) is 0 Å². The summed E-state index contributed by atoms with van der Waals surface area (Å²) >= 11 is 0. The molecule has 0 amide bonds. The van der Waals surface area contributed by atoms with Crippen molar-refractivity contribution in [2.45, 2.75) is 38.9 Å². The summed E-state index contributed by atoms with van der Waals surface area (Å²) in [7, 11) is 0. The zero-order valence-electron chi connectivity index (χ0n) is 9.76. The van der Waals surface area contributed by atoms with Gasteiger partial charge in [-0.2, -0.15) is 0 Å². The summed E-state index contributed by atoms with van der Waals surface area (Å²) < 4.78 is 13.7. The predicted molar refractivity (Wildman–Crippen MR) is 62.7 cm³/mol. The second-order valence-corrected chi connectivity index (χ2v) is 4.84. The Kier molecular flexibility index (Phi) is 4.28. The Balaban J connectivity index is 2.34. The fourth-order valence-electron chi connectivity index (χ4n) is 1.40. The van der Waals surface area contributed by atoms with E-state index in [-0.39, 0.29) is 5.54 Å². The molecule has 0 bridgehead atoms. The topological polar surface area (TPSA) is 12.0 Å². The summed E-state index contributed by atoms with van der Waals surface area (Å²) in [6.45, 7) is 6.97. The maximum absolute atomic E-state index is 13.7. The third-order valence-electron chi connectivity index (χ3n) is 2.21. The van der Waals surface area contributed by atoms with Gasteiger partial charge in [-0.25, -0.2) is 4.39 Å². The van der Waals surface area contributed by atoms with Gasteiger partial charge in [-0.05, 0) is 39.3 Å². The fourth-order valence-corrected chi connectivity index (χ4v) is 1.40. The van der Waals surface area contributed by atoms with Crippen molar-refractivity contribution in [3.63, 3.8) is 0 Å². The average molecular weight is 209 g/mol. The summed E-state index contributed by atoms with van der Waals surface area (Å²) in [6, 6.07) is 9.32. The molecule has 0 aliphatic carbocycles. The minimum atomic E-state index is -0.860. The van der Waals surface area contributed by atoms with Crippen LogP contribution in [0.4, 0.5) is 4.39 Å². The van der Waals surface area contributed by atoms with E-state index in [4.69, 9.17) is 0 Å². The van der Waals surface area contributed by atoms with Crippen molar-refractivity contribution in [1.82, 2.24) is 5.32 Å². The van der Waals surface area contributed by atoms with Gasteiger partial charge in [0.1, 0.15) is 6.17 Å². The molecule has 84 valence electrons. The third-order valence-corrected chi connectivity index (χ3v) is 2.21. The lowest BCUT2D eigenvalue weighted by Gasteiger charge is -2.21. The van der Waals surface area contributed by atoms with Crippen LogP contribution in [-0.2, 0) is 0 Å². The van der Waals surface area contributed by atoms with Crippen molar-refractivity contribution in [2.75, 3.05) is 6.54 Å². The van der Waals surface area contributed by atoms with E-state index in [1.807, 2.05) is 30.3 Å². The second-order valence-electron chi connectivity index (χ2n) is 4.84. The Morgan fingerprint density at radius 2 is 1.80 bits per heavy atom. The van der Waals surface area contributed by atoms with Crippen molar-refractivity contribution in [1.29, 1.82) is 0 Å². The minimum absolute atomic E-state index is 0.0659. The Labute approximate surface area is 91.7 Å². The molecular formula is C13H20FN. The number of hydrogen-bond donors (Lipinski definition) is 1. The molecule has 1 aromatic rings. The summed E-state index contributed by atoms with van der Waals surface area (Å²) in [5, 5.41) is 3.28. The molecule has 0 saturated heterocycles. The number of alkyl halides is 1. The van der Waals surface area contributed by atoms with E-state index in [0.29, 0.717) is 13.0 Å². The number of halogens is 1. The first-order valence-corrected chi connectivity index (χ1v) is 5.43. The van der Waals surface area contributed by atoms with Crippen LogP contribution >= 0.6 is 0 Å². The fraction of sp³-hybridized carbons (Fsp3) is 0.538. The summed E-state index contributed by atoms with van der Waals surface area (Å²) in [4.78, 5) is 0.